The topological polar surface area (TPSA) is 29.5 Å². The lowest BCUT2D eigenvalue weighted by molar-refractivity contribution is -0.116. The highest BCUT2D eigenvalue weighted by Crippen LogP contribution is 2.30. The number of anilines is 1. The van der Waals surface area contributed by atoms with Crippen molar-refractivity contribution in [1.29, 1.82) is 0 Å². The first-order chi connectivity index (χ1) is 11.2. The number of hydrogen-bond donors (Lipinski definition) is 0. The molecule has 0 N–H and O–H groups in total. The molecular formula is C18H17BrFNO2. The van der Waals surface area contributed by atoms with E-state index in [-0.39, 0.29) is 17.1 Å². The van der Waals surface area contributed by atoms with Gasteiger partial charge in [0.15, 0.2) is 0 Å². The van der Waals surface area contributed by atoms with Gasteiger partial charge in [0, 0.05) is 24.7 Å². The first-order valence-electron chi connectivity index (χ1n) is 7.54. The van der Waals surface area contributed by atoms with Gasteiger partial charge >= 0.3 is 0 Å². The fourth-order valence-electron chi connectivity index (χ4n) is 2.68. The summed E-state index contributed by atoms with van der Waals surface area (Å²) in [5.74, 6) is 0.597. The number of ether oxygens (including phenoxy) is 1. The Morgan fingerprint density at radius 1 is 1.22 bits per heavy atom. The van der Waals surface area contributed by atoms with Gasteiger partial charge in [0.2, 0.25) is 5.91 Å². The van der Waals surface area contributed by atoms with Crippen molar-refractivity contribution in [2.75, 3.05) is 23.4 Å². The van der Waals surface area contributed by atoms with E-state index in [1.54, 1.807) is 17.0 Å². The average Bonchev–Trinajstić information content (AvgIpc) is 3.04. The van der Waals surface area contributed by atoms with E-state index >= 15 is 0 Å². The van der Waals surface area contributed by atoms with Crippen LogP contribution in [0.1, 0.15) is 11.1 Å². The van der Waals surface area contributed by atoms with Crippen molar-refractivity contribution in [1.82, 2.24) is 0 Å². The number of rotatable bonds is 5. The number of carbonyl (C=O) groups is 1. The largest absolute Gasteiger partial charge is 0.493 e. The molecule has 1 heterocycles. The minimum Gasteiger partial charge on any atom is -0.493 e. The van der Waals surface area contributed by atoms with E-state index in [1.165, 1.54) is 17.7 Å². The van der Waals surface area contributed by atoms with E-state index in [2.05, 4.69) is 15.9 Å². The van der Waals surface area contributed by atoms with E-state index in [9.17, 15) is 9.18 Å². The van der Waals surface area contributed by atoms with Crippen LogP contribution in [0.4, 0.5) is 10.1 Å². The molecule has 0 radical (unpaired) electrons. The van der Waals surface area contributed by atoms with Gasteiger partial charge in [-0.25, -0.2) is 4.39 Å². The smallest absolute Gasteiger partial charge is 0.237 e. The van der Waals surface area contributed by atoms with Crippen molar-refractivity contribution < 1.29 is 13.9 Å². The third kappa shape index (κ3) is 3.72. The maximum atomic E-state index is 13.0. The number of benzene rings is 2. The molecule has 120 valence electrons. The Balaban J connectivity index is 1.77. The summed E-state index contributed by atoms with van der Waals surface area (Å²) in [6.07, 6.45) is 1.58. The molecule has 3 nitrogen and oxygen atoms in total. The third-order valence-electron chi connectivity index (χ3n) is 3.94. The molecule has 2 aromatic rings. The van der Waals surface area contributed by atoms with Gasteiger partial charge in [0.05, 0.1) is 11.9 Å². The monoisotopic (exact) mass is 377 g/mol. The maximum absolute atomic E-state index is 13.0. The van der Waals surface area contributed by atoms with E-state index in [4.69, 9.17) is 4.74 Å². The van der Waals surface area contributed by atoms with Gasteiger partial charge in [-0.2, -0.15) is 0 Å². The van der Waals surface area contributed by atoms with Gasteiger partial charge in [-0.3, -0.25) is 4.79 Å². The number of hydrogen-bond acceptors (Lipinski definition) is 2. The fourth-order valence-corrected chi connectivity index (χ4v) is 2.99. The Hall–Kier alpha value is -1.88. The molecule has 0 fully saturated rings. The molecule has 0 aromatic heterocycles. The van der Waals surface area contributed by atoms with Crippen LogP contribution in [0.5, 0.6) is 5.75 Å². The predicted molar refractivity (Wildman–Crippen MR) is 91.9 cm³/mol. The highest BCUT2D eigenvalue weighted by atomic mass is 79.9. The summed E-state index contributed by atoms with van der Waals surface area (Å²) in [5, 5.41) is 0.258. The standard InChI is InChI=1S/C18H17BrFNO2/c19-12-18(22)21(9-7-13-1-4-15(20)5-2-13)16-6-3-14-8-10-23-17(14)11-16/h1-6,11H,7-10,12H2. The minimum atomic E-state index is -0.252. The molecule has 1 amide bonds. The van der Waals surface area contributed by atoms with Crippen molar-refractivity contribution in [3.63, 3.8) is 0 Å². The molecule has 0 saturated heterocycles. The van der Waals surface area contributed by atoms with Crippen molar-refractivity contribution in [2.24, 2.45) is 0 Å². The van der Waals surface area contributed by atoms with E-state index < -0.39 is 0 Å². The lowest BCUT2D eigenvalue weighted by atomic mass is 10.1. The van der Waals surface area contributed by atoms with Crippen LogP contribution in [0.15, 0.2) is 42.5 Å². The first kappa shape index (κ1) is 16.0. The molecule has 5 heteroatoms. The van der Waals surface area contributed by atoms with Crippen molar-refractivity contribution in [2.45, 2.75) is 12.8 Å². The molecule has 3 rings (SSSR count). The quantitative estimate of drug-likeness (QED) is 0.742. The van der Waals surface area contributed by atoms with Crippen LogP contribution in [0.3, 0.4) is 0 Å². The SMILES string of the molecule is O=C(CBr)N(CCc1ccc(F)cc1)c1ccc2c(c1)OCC2. The number of halogens is 2. The second kappa shape index (κ2) is 7.13. The van der Waals surface area contributed by atoms with Crippen LogP contribution >= 0.6 is 15.9 Å². The molecular weight excluding hydrogens is 361 g/mol. The summed E-state index contributed by atoms with van der Waals surface area (Å²) in [5.41, 5.74) is 3.01. The van der Waals surface area contributed by atoms with Crippen LogP contribution < -0.4 is 9.64 Å². The lowest BCUT2D eigenvalue weighted by Gasteiger charge is -2.22. The summed E-state index contributed by atoms with van der Waals surface area (Å²) < 4.78 is 18.6. The molecule has 23 heavy (non-hydrogen) atoms. The number of nitrogens with zero attached hydrogens (tertiary/aromatic N) is 1. The number of fused-ring (bicyclic) bond motifs is 1. The molecule has 0 spiro atoms. The molecule has 0 saturated carbocycles. The summed E-state index contributed by atoms with van der Waals surface area (Å²) >= 11 is 3.24. The Bertz CT molecular complexity index is 703. The summed E-state index contributed by atoms with van der Waals surface area (Å²) in [6.45, 7) is 1.23. The number of alkyl halides is 1. The molecule has 1 aliphatic rings. The van der Waals surface area contributed by atoms with Crippen LogP contribution in [-0.4, -0.2) is 24.4 Å². The second-order valence-corrected chi connectivity index (χ2v) is 6.01. The molecule has 1 aliphatic heterocycles. The molecule has 0 aliphatic carbocycles. The highest BCUT2D eigenvalue weighted by Gasteiger charge is 2.18. The van der Waals surface area contributed by atoms with Crippen LogP contribution in [0.25, 0.3) is 0 Å². The zero-order chi connectivity index (χ0) is 16.2. The lowest BCUT2D eigenvalue weighted by Crippen LogP contribution is -2.33. The number of amides is 1. The minimum absolute atomic E-state index is 0.00920. The zero-order valence-electron chi connectivity index (χ0n) is 12.6. The van der Waals surface area contributed by atoms with Gasteiger partial charge < -0.3 is 9.64 Å². The van der Waals surface area contributed by atoms with E-state index in [1.807, 2.05) is 18.2 Å². The summed E-state index contributed by atoms with van der Waals surface area (Å²) in [6, 6.07) is 12.3. The van der Waals surface area contributed by atoms with E-state index in [0.717, 1.165) is 23.4 Å². The maximum Gasteiger partial charge on any atom is 0.237 e. The van der Waals surface area contributed by atoms with Crippen molar-refractivity contribution in [3.8, 4) is 5.75 Å². The average molecular weight is 378 g/mol. The summed E-state index contributed by atoms with van der Waals surface area (Å²) in [7, 11) is 0. The van der Waals surface area contributed by atoms with Crippen molar-refractivity contribution in [3.05, 3.63) is 59.4 Å². The second-order valence-electron chi connectivity index (χ2n) is 5.45. The summed E-state index contributed by atoms with van der Waals surface area (Å²) in [4.78, 5) is 14.0. The Morgan fingerprint density at radius 3 is 2.74 bits per heavy atom. The Kier molecular flexibility index (Phi) is 4.96. The Labute approximate surface area is 143 Å². The van der Waals surface area contributed by atoms with Gasteiger partial charge in [0.1, 0.15) is 11.6 Å². The van der Waals surface area contributed by atoms with Crippen LogP contribution in [-0.2, 0) is 17.6 Å². The van der Waals surface area contributed by atoms with Gasteiger partial charge in [-0.15, -0.1) is 0 Å². The normalized spacial score (nSPS) is 12.6. The van der Waals surface area contributed by atoms with Gasteiger partial charge in [-0.1, -0.05) is 34.1 Å². The molecule has 0 unspecified atom stereocenters. The van der Waals surface area contributed by atoms with Crippen molar-refractivity contribution >= 4 is 27.5 Å². The van der Waals surface area contributed by atoms with Crippen LogP contribution in [0.2, 0.25) is 0 Å². The van der Waals surface area contributed by atoms with Gasteiger partial charge in [-0.05, 0) is 35.7 Å². The fraction of sp³-hybridized carbons (Fsp3) is 0.278. The molecule has 0 bridgehead atoms. The van der Waals surface area contributed by atoms with E-state index in [0.29, 0.717) is 19.6 Å². The predicted octanol–water partition coefficient (Wildman–Crippen LogP) is 3.73. The van der Waals surface area contributed by atoms with Gasteiger partial charge in [0.25, 0.3) is 0 Å². The highest BCUT2D eigenvalue weighted by molar-refractivity contribution is 9.09. The van der Waals surface area contributed by atoms with Crippen LogP contribution in [0, 0.1) is 5.82 Å². The Morgan fingerprint density at radius 2 is 2.00 bits per heavy atom. The number of carbonyl (C=O) groups excluding carboxylic acids is 1. The molecule has 0 atom stereocenters. The molecule has 2 aromatic carbocycles. The first-order valence-corrected chi connectivity index (χ1v) is 8.66. The third-order valence-corrected chi connectivity index (χ3v) is 4.42. The zero-order valence-corrected chi connectivity index (χ0v) is 14.2.